The summed E-state index contributed by atoms with van der Waals surface area (Å²) >= 11 is 0. The quantitative estimate of drug-likeness (QED) is 0.547. The van der Waals surface area contributed by atoms with Gasteiger partial charge in [0.25, 0.3) is 0 Å². The molecule has 0 saturated heterocycles. The van der Waals surface area contributed by atoms with Crippen LogP contribution in [0.1, 0.15) is 85.0 Å². The van der Waals surface area contributed by atoms with E-state index >= 15 is 0 Å². The third kappa shape index (κ3) is 3.56. The zero-order chi connectivity index (χ0) is 21.7. The Morgan fingerprint density at radius 1 is 1.07 bits per heavy atom. The van der Waals surface area contributed by atoms with E-state index < -0.39 is 5.97 Å². The number of carbonyl (C=O) groups is 1. The van der Waals surface area contributed by atoms with Crippen LogP contribution in [0, 0.1) is 46.3 Å². The van der Waals surface area contributed by atoms with Gasteiger partial charge in [-0.25, -0.2) is 4.79 Å². The molecular weight excluding hydrogens is 376 g/mol. The Morgan fingerprint density at radius 3 is 2.57 bits per heavy atom. The lowest BCUT2D eigenvalue weighted by Gasteiger charge is -2.62. The summed E-state index contributed by atoms with van der Waals surface area (Å²) in [5, 5.41) is 30.6. The fraction of sp³-hybridized carbons (Fsp3) is 0.885. The molecule has 0 amide bonds. The Balaban J connectivity index is 1.50. The smallest absolute Gasteiger partial charge is 0.327 e. The number of carboxylic acids is 1. The van der Waals surface area contributed by atoms with Crippen LogP contribution in [0.4, 0.5) is 0 Å². The number of aliphatic carboxylic acids is 1. The molecule has 30 heavy (non-hydrogen) atoms. The largest absolute Gasteiger partial charge is 0.478 e. The lowest BCUT2D eigenvalue weighted by molar-refractivity contribution is -0.174. The second kappa shape index (κ2) is 8.24. The van der Waals surface area contributed by atoms with Gasteiger partial charge < -0.3 is 15.3 Å². The van der Waals surface area contributed by atoms with Crippen LogP contribution >= 0.6 is 0 Å². The first-order valence-electron chi connectivity index (χ1n) is 12.4. The number of carboxylic acid groups (broad SMARTS) is 1. The highest BCUT2D eigenvalue weighted by Crippen LogP contribution is 2.68. The highest BCUT2D eigenvalue weighted by atomic mass is 16.4. The molecule has 4 aliphatic rings. The molecule has 4 heteroatoms. The average molecular weight is 419 g/mol. The first-order valence-corrected chi connectivity index (χ1v) is 12.4. The van der Waals surface area contributed by atoms with Gasteiger partial charge in [-0.15, -0.1) is 0 Å². The molecule has 4 nitrogen and oxygen atoms in total. The Morgan fingerprint density at radius 2 is 1.83 bits per heavy atom. The molecule has 0 aromatic rings. The molecule has 0 unspecified atom stereocenters. The van der Waals surface area contributed by atoms with Gasteiger partial charge in [-0.1, -0.05) is 26.8 Å². The SMILES string of the molecule is C[C@H](CC/C=C/C(=O)O)[C@H]1CC[C@H]2[C@@H]3CC[C@@H]4C[C@H](O)CC[C@]4(C)[C@H]3C[C@H](O)[C@]12C. The first kappa shape index (κ1) is 22.3. The Hall–Kier alpha value is -0.870. The molecule has 4 fully saturated rings. The summed E-state index contributed by atoms with van der Waals surface area (Å²) in [5.41, 5.74) is 0.282. The minimum absolute atomic E-state index is 0.00548. The minimum Gasteiger partial charge on any atom is -0.478 e. The van der Waals surface area contributed by atoms with Gasteiger partial charge >= 0.3 is 5.97 Å². The van der Waals surface area contributed by atoms with Crippen LogP contribution in [0.2, 0.25) is 0 Å². The van der Waals surface area contributed by atoms with Gasteiger partial charge in [0.2, 0.25) is 0 Å². The summed E-state index contributed by atoms with van der Waals surface area (Å²) in [4.78, 5) is 10.7. The summed E-state index contributed by atoms with van der Waals surface area (Å²) in [6, 6.07) is 0. The molecule has 0 bridgehead atoms. The minimum atomic E-state index is -0.872. The molecule has 3 N–H and O–H groups in total. The molecule has 0 aromatic heterocycles. The number of aliphatic hydroxyl groups excluding tert-OH is 2. The molecule has 0 heterocycles. The highest BCUT2D eigenvalue weighted by molar-refractivity contribution is 5.79. The van der Waals surface area contributed by atoms with E-state index in [0.717, 1.165) is 44.4 Å². The fourth-order valence-corrected chi connectivity index (χ4v) is 8.90. The predicted molar refractivity (Wildman–Crippen MR) is 118 cm³/mol. The van der Waals surface area contributed by atoms with E-state index in [4.69, 9.17) is 5.11 Å². The molecule has 4 rings (SSSR count). The number of hydrogen-bond donors (Lipinski definition) is 3. The van der Waals surface area contributed by atoms with Crippen molar-refractivity contribution in [2.45, 2.75) is 97.2 Å². The molecule has 10 atom stereocenters. The Bertz CT molecular complexity index is 674. The molecule has 170 valence electrons. The number of allylic oxidation sites excluding steroid dienone is 1. The lowest BCUT2D eigenvalue weighted by Crippen LogP contribution is -2.58. The van der Waals surface area contributed by atoms with Gasteiger partial charge in [0.1, 0.15) is 0 Å². The predicted octanol–water partition coefficient (Wildman–Crippen LogP) is 5.03. The maximum atomic E-state index is 11.6. The lowest BCUT2D eigenvalue weighted by atomic mass is 9.43. The van der Waals surface area contributed by atoms with Crippen molar-refractivity contribution in [2.75, 3.05) is 0 Å². The maximum Gasteiger partial charge on any atom is 0.327 e. The maximum absolute atomic E-state index is 11.6. The van der Waals surface area contributed by atoms with Crippen LogP contribution in [0.15, 0.2) is 12.2 Å². The van der Waals surface area contributed by atoms with Gasteiger partial charge in [0.15, 0.2) is 0 Å². The number of fused-ring (bicyclic) bond motifs is 5. The summed E-state index contributed by atoms with van der Waals surface area (Å²) in [6.45, 7) is 7.16. The van der Waals surface area contributed by atoms with Gasteiger partial charge in [0.05, 0.1) is 12.2 Å². The highest BCUT2D eigenvalue weighted by Gasteiger charge is 2.63. The van der Waals surface area contributed by atoms with Crippen molar-refractivity contribution in [2.24, 2.45) is 46.3 Å². The van der Waals surface area contributed by atoms with E-state index in [2.05, 4.69) is 20.8 Å². The van der Waals surface area contributed by atoms with Crippen molar-refractivity contribution in [3.63, 3.8) is 0 Å². The van der Waals surface area contributed by atoms with Crippen molar-refractivity contribution in [3.05, 3.63) is 12.2 Å². The topological polar surface area (TPSA) is 77.8 Å². The van der Waals surface area contributed by atoms with Crippen molar-refractivity contribution in [3.8, 4) is 0 Å². The van der Waals surface area contributed by atoms with Crippen LogP contribution in [0.25, 0.3) is 0 Å². The van der Waals surface area contributed by atoms with Crippen molar-refractivity contribution < 1.29 is 20.1 Å². The van der Waals surface area contributed by atoms with E-state index in [1.807, 2.05) is 0 Å². The van der Waals surface area contributed by atoms with E-state index in [1.54, 1.807) is 6.08 Å². The zero-order valence-corrected chi connectivity index (χ0v) is 19.1. The first-order chi connectivity index (χ1) is 14.2. The van der Waals surface area contributed by atoms with E-state index in [1.165, 1.54) is 31.8 Å². The fourth-order valence-electron chi connectivity index (χ4n) is 8.90. The Kier molecular flexibility index (Phi) is 6.13. The van der Waals surface area contributed by atoms with Crippen molar-refractivity contribution in [1.29, 1.82) is 0 Å². The third-order valence-corrected chi connectivity index (χ3v) is 10.6. The van der Waals surface area contributed by atoms with Crippen LogP contribution in [-0.2, 0) is 4.79 Å². The summed E-state index contributed by atoms with van der Waals surface area (Å²) in [6.07, 6.45) is 13.4. The van der Waals surface area contributed by atoms with Crippen LogP contribution in [0.5, 0.6) is 0 Å². The van der Waals surface area contributed by atoms with Gasteiger partial charge in [-0.3, -0.25) is 0 Å². The molecule has 4 aliphatic carbocycles. The van der Waals surface area contributed by atoms with Gasteiger partial charge in [-0.2, -0.15) is 0 Å². The standard InChI is InChI=1S/C26H42O4/c1-16(6-4-5-7-24(29)30)20-10-11-21-19-9-8-17-14-18(27)12-13-25(17,2)22(19)15-23(28)26(20,21)3/h5,7,16-23,27-28H,4,6,8-15H2,1-3H3,(H,29,30)/b7-5+/t16-,17-,18-,19+,20-,21+,22+,23+,25+,26-/m1/s1. The monoisotopic (exact) mass is 418 g/mol. The van der Waals surface area contributed by atoms with E-state index in [9.17, 15) is 15.0 Å². The van der Waals surface area contributed by atoms with Crippen molar-refractivity contribution >= 4 is 5.97 Å². The molecule has 0 spiro atoms. The second-order valence-corrected chi connectivity index (χ2v) is 11.7. The molecular formula is C26H42O4. The van der Waals surface area contributed by atoms with Crippen LogP contribution in [0.3, 0.4) is 0 Å². The third-order valence-electron chi connectivity index (χ3n) is 10.6. The summed E-state index contributed by atoms with van der Waals surface area (Å²) in [7, 11) is 0. The summed E-state index contributed by atoms with van der Waals surface area (Å²) in [5.74, 6) is 2.71. The molecule has 4 saturated carbocycles. The molecule has 0 radical (unpaired) electrons. The van der Waals surface area contributed by atoms with Crippen molar-refractivity contribution in [1.82, 2.24) is 0 Å². The van der Waals surface area contributed by atoms with Crippen LogP contribution in [-0.4, -0.2) is 33.5 Å². The summed E-state index contributed by atoms with van der Waals surface area (Å²) < 4.78 is 0. The number of hydrogen-bond acceptors (Lipinski definition) is 3. The van der Waals surface area contributed by atoms with E-state index in [-0.39, 0.29) is 23.0 Å². The normalized spacial score (nSPS) is 49.3. The zero-order valence-electron chi connectivity index (χ0n) is 19.1. The Labute approximate surface area is 182 Å². The average Bonchev–Trinajstić information content (AvgIpc) is 3.05. The van der Waals surface area contributed by atoms with Crippen LogP contribution < -0.4 is 0 Å². The number of rotatable bonds is 5. The number of aliphatic hydroxyl groups is 2. The second-order valence-electron chi connectivity index (χ2n) is 11.7. The molecule has 0 aliphatic heterocycles. The van der Waals surface area contributed by atoms with E-state index in [0.29, 0.717) is 29.6 Å². The van der Waals surface area contributed by atoms with Gasteiger partial charge in [-0.05, 0) is 111 Å². The van der Waals surface area contributed by atoms with Gasteiger partial charge in [0, 0.05) is 6.08 Å². The molecule has 0 aromatic carbocycles.